The third-order valence-corrected chi connectivity index (χ3v) is 2.98. The number of benzene rings is 1. The summed E-state index contributed by atoms with van der Waals surface area (Å²) in [5.41, 5.74) is 0.803. The van der Waals surface area contributed by atoms with Gasteiger partial charge in [0.15, 0.2) is 0 Å². The van der Waals surface area contributed by atoms with Gasteiger partial charge in [0.25, 0.3) is 5.91 Å². The van der Waals surface area contributed by atoms with Crippen LogP contribution in [-0.2, 0) is 9.53 Å². The van der Waals surface area contributed by atoms with Gasteiger partial charge < -0.3 is 15.0 Å². The Balaban J connectivity index is 2.12. The van der Waals surface area contributed by atoms with Crippen LogP contribution in [0.2, 0.25) is 0 Å². The van der Waals surface area contributed by atoms with Crippen molar-refractivity contribution in [3.8, 4) is 6.07 Å². The number of morpholine rings is 1. The molecule has 0 aliphatic carbocycles. The van der Waals surface area contributed by atoms with Crippen LogP contribution in [0.5, 0.6) is 0 Å². The minimum atomic E-state index is -0.465. The SMILES string of the molecule is N#CCCN(C(=O)C1CNCCO1)c1ccccc1. The van der Waals surface area contributed by atoms with Crippen molar-refractivity contribution in [1.29, 1.82) is 5.26 Å². The molecule has 1 amide bonds. The van der Waals surface area contributed by atoms with Crippen molar-refractivity contribution in [2.45, 2.75) is 12.5 Å². The zero-order valence-electron chi connectivity index (χ0n) is 10.7. The van der Waals surface area contributed by atoms with Gasteiger partial charge in [0.2, 0.25) is 0 Å². The number of nitriles is 1. The van der Waals surface area contributed by atoms with E-state index in [1.165, 1.54) is 0 Å². The fourth-order valence-corrected chi connectivity index (χ4v) is 2.03. The Hall–Kier alpha value is -1.90. The molecule has 1 unspecified atom stereocenters. The van der Waals surface area contributed by atoms with Gasteiger partial charge in [-0.3, -0.25) is 4.79 Å². The van der Waals surface area contributed by atoms with Gasteiger partial charge in [0, 0.05) is 25.3 Å². The fraction of sp³-hybridized carbons (Fsp3) is 0.429. The Morgan fingerprint density at radius 1 is 1.47 bits per heavy atom. The number of anilines is 1. The second-order valence-corrected chi connectivity index (χ2v) is 4.30. The van der Waals surface area contributed by atoms with E-state index in [0.717, 1.165) is 12.2 Å². The summed E-state index contributed by atoms with van der Waals surface area (Å²) in [6, 6.07) is 11.5. The largest absolute Gasteiger partial charge is 0.366 e. The Bertz CT molecular complexity index is 450. The van der Waals surface area contributed by atoms with Gasteiger partial charge in [-0.15, -0.1) is 0 Å². The standard InChI is InChI=1S/C14H17N3O2/c15-7-4-9-17(12-5-2-1-3-6-12)14(18)13-11-16-8-10-19-13/h1-3,5-6,13,16H,4,8-11H2. The van der Waals surface area contributed by atoms with E-state index in [9.17, 15) is 4.79 Å². The molecule has 0 bridgehead atoms. The quantitative estimate of drug-likeness (QED) is 0.873. The van der Waals surface area contributed by atoms with E-state index in [-0.39, 0.29) is 5.91 Å². The Morgan fingerprint density at radius 2 is 2.26 bits per heavy atom. The number of nitrogens with one attached hydrogen (secondary N) is 1. The maximum atomic E-state index is 12.5. The lowest BCUT2D eigenvalue weighted by atomic mass is 10.2. The van der Waals surface area contributed by atoms with Crippen molar-refractivity contribution in [1.82, 2.24) is 5.32 Å². The Labute approximate surface area is 112 Å². The second-order valence-electron chi connectivity index (χ2n) is 4.30. The smallest absolute Gasteiger partial charge is 0.257 e. The van der Waals surface area contributed by atoms with Crippen LogP contribution in [0.15, 0.2) is 30.3 Å². The van der Waals surface area contributed by atoms with Gasteiger partial charge in [-0.05, 0) is 12.1 Å². The van der Waals surface area contributed by atoms with E-state index in [0.29, 0.717) is 26.1 Å². The normalized spacial score (nSPS) is 18.6. The number of nitrogens with zero attached hydrogens (tertiary/aromatic N) is 2. The number of ether oxygens (including phenoxy) is 1. The molecule has 100 valence electrons. The van der Waals surface area contributed by atoms with Crippen LogP contribution >= 0.6 is 0 Å². The van der Waals surface area contributed by atoms with E-state index in [2.05, 4.69) is 11.4 Å². The summed E-state index contributed by atoms with van der Waals surface area (Å²) in [6.45, 7) is 2.22. The van der Waals surface area contributed by atoms with E-state index in [4.69, 9.17) is 10.00 Å². The lowest BCUT2D eigenvalue weighted by Crippen LogP contribution is -2.49. The number of para-hydroxylation sites is 1. The molecule has 1 aromatic rings. The molecule has 0 spiro atoms. The first-order chi connectivity index (χ1) is 9.33. The van der Waals surface area contributed by atoms with Crippen LogP contribution in [0.1, 0.15) is 6.42 Å². The van der Waals surface area contributed by atoms with Crippen LogP contribution in [0.4, 0.5) is 5.69 Å². The Kier molecular flexibility index (Phi) is 4.90. The number of carbonyl (C=O) groups is 1. The molecule has 5 heteroatoms. The topological polar surface area (TPSA) is 65.4 Å². The van der Waals surface area contributed by atoms with Gasteiger partial charge in [-0.2, -0.15) is 5.26 Å². The first-order valence-electron chi connectivity index (χ1n) is 6.38. The van der Waals surface area contributed by atoms with Gasteiger partial charge in [-0.1, -0.05) is 18.2 Å². The number of rotatable bonds is 4. The van der Waals surface area contributed by atoms with Crippen molar-refractivity contribution in [2.75, 3.05) is 31.1 Å². The second kappa shape index (κ2) is 6.88. The lowest BCUT2D eigenvalue weighted by molar-refractivity contribution is -0.131. The highest BCUT2D eigenvalue weighted by Crippen LogP contribution is 2.16. The molecule has 19 heavy (non-hydrogen) atoms. The fourth-order valence-electron chi connectivity index (χ4n) is 2.03. The van der Waals surface area contributed by atoms with Crippen LogP contribution in [0, 0.1) is 11.3 Å². The third kappa shape index (κ3) is 3.53. The molecule has 0 saturated carbocycles. The summed E-state index contributed by atoms with van der Waals surface area (Å²) in [4.78, 5) is 14.1. The molecule has 5 nitrogen and oxygen atoms in total. The molecule has 1 aromatic carbocycles. The van der Waals surface area contributed by atoms with Gasteiger partial charge in [0.05, 0.1) is 19.1 Å². The third-order valence-electron chi connectivity index (χ3n) is 2.98. The van der Waals surface area contributed by atoms with Crippen LogP contribution < -0.4 is 10.2 Å². The highest BCUT2D eigenvalue weighted by Gasteiger charge is 2.27. The lowest BCUT2D eigenvalue weighted by Gasteiger charge is -2.29. The molecule has 1 N–H and O–H groups in total. The molecular weight excluding hydrogens is 242 g/mol. The predicted octanol–water partition coefficient (Wildman–Crippen LogP) is 0.922. The van der Waals surface area contributed by atoms with Gasteiger partial charge in [-0.25, -0.2) is 0 Å². The van der Waals surface area contributed by atoms with Crippen LogP contribution in [0.3, 0.4) is 0 Å². The molecule has 1 heterocycles. The average Bonchev–Trinajstić information content (AvgIpc) is 2.49. The molecular formula is C14H17N3O2. The molecule has 0 radical (unpaired) electrons. The highest BCUT2D eigenvalue weighted by atomic mass is 16.5. The number of carbonyl (C=O) groups excluding carboxylic acids is 1. The summed E-state index contributed by atoms with van der Waals surface area (Å²) in [5, 5.41) is 11.9. The zero-order chi connectivity index (χ0) is 13.5. The Morgan fingerprint density at radius 3 is 2.89 bits per heavy atom. The summed E-state index contributed by atoms with van der Waals surface area (Å²) >= 11 is 0. The predicted molar refractivity (Wildman–Crippen MR) is 71.6 cm³/mol. The number of hydrogen-bond acceptors (Lipinski definition) is 4. The first-order valence-corrected chi connectivity index (χ1v) is 6.38. The van der Waals surface area contributed by atoms with E-state index >= 15 is 0 Å². The average molecular weight is 259 g/mol. The summed E-state index contributed by atoms with van der Waals surface area (Å²) in [6.07, 6.45) is -0.159. The van der Waals surface area contributed by atoms with Crippen molar-refractivity contribution in [2.24, 2.45) is 0 Å². The van der Waals surface area contributed by atoms with Gasteiger partial charge in [0.1, 0.15) is 6.10 Å². The monoisotopic (exact) mass is 259 g/mol. The summed E-state index contributed by atoms with van der Waals surface area (Å²) < 4.78 is 5.49. The van der Waals surface area contributed by atoms with E-state index in [1.54, 1.807) is 4.90 Å². The molecule has 1 aliphatic rings. The molecule has 1 saturated heterocycles. The molecule has 2 rings (SSSR count). The summed E-state index contributed by atoms with van der Waals surface area (Å²) in [5.74, 6) is -0.0892. The number of amides is 1. The molecule has 0 aromatic heterocycles. The minimum absolute atomic E-state index is 0.0892. The van der Waals surface area contributed by atoms with Gasteiger partial charge >= 0.3 is 0 Å². The molecule has 1 fully saturated rings. The minimum Gasteiger partial charge on any atom is -0.366 e. The summed E-state index contributed by atoms with van der Waals surface area (Å²) in [7, 11) is 0. The maximum absolute atomic E-state index is 12.5. The molecule has 1 aliphatic heterocycles. The van der Waals surface area contributed by atoms with Crippen molar-refractivity contribution in [3.63, 3.8) is 0 Å². The first kappa shape index (κ1) is 13.5. The maximum Gasteiger partial charge on any atom is 0.257 e. The number of hydrogen-bond donors (Lipinski definition) is 1. The van der Waals surface area contributed by atoms with Crippen molar-refractivity contribution >= 4 is 11.6 Å². The zero-order valence-corrected chi connectivity index (χ0v) is 10.7. The van der Waals surface area contributed by atoms with Crippen LogP contribution in [0.25, 0.3) is 0 Å². The highest BCUT2D eigenvalue weighted by molar-refractivity contribution is 5.96. The molecule has 1 atom stereocenters. The van der Waals surface area contributed by atoms with Crippen molar-refractivity contribution in [3.05, 3.63) is 30.3 Å². The van der Waals surface area contributed by atoms with Crippen LogP contribution in [-0.4, -0.2) is 38.3 Å². The van der Waals surface area contributed by atoms with E-state index in [1.807, 2.05) is 30.3 Å². The van der Waals surface area contributed by atoms with E-state index < -0.39 is 6.10 Å². The van der Waals surface area contributed by atoms with Crippen molar-refractivity contribution < 1.29 is 9.53 Å².